The number of nitrogens with one attached hydrogen (secondary N) is 1. The van der Waals surface area contributed by atoms with E-state index in [1.54, 1.807) is 12.1 Å². The van der Waals surface area contributed by atoms with Gasteiger partial charge in [-0.1, -0.05) is 31.5 Å². The monoisotopic (exact) mass is 269 g/mol. The van der Waals surface area contributed by atoms with Crippen LogP contribution in [-0.4, -0.2) is 13.2 Å². The molecule has 1 aliphatic rings. The van der Waals surface area contributed by atoms with Gasteiger partial charge in [0, 0.05) is 18.2 Å². The lowest BCUT2D eigenvalue weighted by atomic mass is 9.70. The Bertz CT molecular complexity index is 418. The molecule has 1 saturated carbocycles. The summed E-state index contributed by atoms with van der Waals surface area (Å²) in [5, 5.41) is 3.43. The summed E-state index contributed by atoms with van der Waals surface area (Å²) < 4.78 is 29.3. The number of halogens is 2. The number of alkyl halides is 2. The van der Waals surface area contributed by atoms with E-state index in [1.807, 2.05) is 19.1 Å². The molecule has 1 atom stereocenters. The molecule has 1 fully saturated rings. The van der Waals surface area contributed by atoms with Crippen LogP contribution in [0.2, 0.25) is 0 Å². The number of benzene rings is 1. The van der Waals surface area contributed by atoms with Crippen molar-refractivity contribution in [3.63, 3.8) is 0 Å². The van der Waals surface area contributed by atoms with E-state index >= 15 is 0 Å². The Morgan fingerprint density at radius 3 is 2.58 bits per heavy atom. The van der Waals surface area contributed by atoms with E-state index in [-0.39, 0.29) is 11.8 Å². The van der Waals surface area contributed by atoms with Crippen LogP contribution in [0.15, 0.2) is 24.3 Å². The van der Waals surface area contributed by atoms with Crippen LogP contribution in [0.3, 0.4) is 0 Å². The molecule has 4 heteroatoms. The van der Waals surface area contributed by atoms with E-state index in [9.17, 15) is 8.78 Å². The quantitative estimate of drug-likeness (QED) is 0.838. The summed E-state index contributed by atoms with van der Waals surface area (Å²) in [6, 6.07) is 6.98. The van der Waals surface area contributed by atoms with Crippen LogP contribution < -0.4 is 10.1 Å². The molecule has 1 unspecified atom stereocenters. The van der Waals surface area contributed by atoms with Gasteiger partial charge in [0.25, 0.3) is 0 Å². The van der Waals surface area contributed by atoms with E-state index in [0.717, 1.165) is 12.1 Å². The van der Waals surface area contributed by atoms with Crippen molar-refractivity contribution in [2.75, 3.05) is 6.54 Å². The first-order valence-electron chi connectivity index (χ1n) is 6.77. The predicted molar refractivity (Wildman–Crippen MR) is 71.4 cm³/mol. The smallest absolute Gasteiger partial charge is 0.387 e. The van der Waals surface area contributed by atoms with Gasteiger partial charge in [0.2, 0.25) is 0 Å². The third-order valence-electron chi connectivity index (χ3n) is 4.00. The Balaban J connectivity index is 1.99. The molecule has 0 amide bonds. The molecule has 1 aromatic carbocycles. The highest BCUT2D eigenvalue weighted by molar-refractivity contribution is 5.35. The second-order valence-corrected chi connectivity index (χ2v) is 5.68. The Kier molecular flexibility index (Phi) is 4.40. The van der Waals surface area contributed by atoms with E-state index in [4.69, 9.17) is 0 Å². The zero-order chi connectivity index (χ0) is 13.9. The first-order valence-corrected chi connectivity index (χ1v) is 6.77. The fourth-order valence-electron chi connectivity index (χ4n) is 2.51. The second kappa shape index (κ2) is 5.87. The molecule has 0 heterocycles. The van der Waals surface area contributed by atoms with E-state index in [0.29, 0.717) is 5.41 Å². The average Bonchev–Trinajstić information content (AvgIpc) is 2.33. The Morgan fingerprint density at radius 2 is 2.00 bits per heavy atom. The summed E-state index contributed by atoms with van der Waals surface area (Å²) in [6.07, 6.45) is 3.77. The zero-order valence-corrected chi connectivity index (χ0v) is 11.5. The van der Waals surface area contributed by atoms with Crippen molar-refractivity contribution in [3.8, 4) is 5.75 Å². The molecule has 0 spiro atoms. The Labute approximate surface area is 113 Å². The van der Waals surface area contributed by atoms with Crippen LogP contribution in [0.4, 0.5) is 8.78 Å². The van der Waals surface area contributed by atoms with Gasteiger partial charge in [-0.15, -0.1) is 0 Å². The van der Waals surface area contributed by atoms with Gasteiger partial charge >= 0.3 is 6.61 Å². The number of rotatable bonds is 6. The molecule has 0 aromatic heterocycles. The summed E-state index contributed by atoms with van der Waals surface area (Å²) in [5.41, 5.74) is 1.15. The van der Waals surface area contributed by atoms with E-state index < -0.39 is 6.61 Å². The summed E-state index contributed by atoms with van der Waals surface area (Å²) in [7, 11) is 0. The molecule has 2 nitrogen and oxygen atoms in total. The van der Waals surface area contributed by atoms with Crippen LogP contribution in [-0.2, 0) is 0 Å². The van der Waals surface area contributed by atoms with E-state index in [1.165, 1.54) is 19.3 Å². The number of hydrogen-bond acceptors (Lipinski definition) is 2. The number of hydrogen-bond donors (Lipinski definition) is 1. The molecule has 0 aliphatic heterocycles. The molecule has 0 bridgehead atoms. The van der Waals surface area contributed by atoms with Gasteiger partial charge in [0.15, 0.2) is 0 Å². The lowest BCUT2D eigenvalue weighted by molar-refractivity contribution is -0.0507. The molecule has 1 N–H and O–H groups in total. The van der Waals surface area contributed by atoms with Gasteiger partial charge in [0.1, 0.15) is 5.75 Å². The number of ether oxygens (including phenoxy) is 1. The van der Waals surface area contributed by atoms with Crippen molar-refractivity contribution < 1.29 is 13.5 Å². The zero-order valence-electron chi connectivity index (χ0n) is 11.5. The van der Waals surface area contributed by atoms with Gasteiger partial charge in [-0.05, 0) is 31.2 Å². The summed E-state index contributed by atoms with van der Waals surface area (Å²) in [5.74, 6) is 0.260. The minimum absolute atomic E-state index is 0.00683. The van der Waals surface area contributed by atoms with Gasteiger partial charge in [-0.3, -0.25) is 0 Å². The van der Waals surface area contributed by atoms with E-state index in [2.05, 4.69) is 17.0 Å². The molecule has 2 rings (SSSR count). The van der Waals surface area contributed by atoms with Gasteiger partial charge in [-0.2, -0.15) is 8.78 Å². The van der Waals surface area contributed by atoms with Crippen LogP contribution in [0.5, 0.6) is 5.75 Å². The van der Waals surface area contributed by atoms with Crippen molar-refractivity contribution in [1.29, 1.82) is 0 Å². The lowest BCUT2D eigenvalue weighted by Gasteiger charge is -2.39. The topological polar surface area (TPSA) is 21.3 Å². The normalized spacial score (nSPS) is 19.0. The van der Waals surface area contributed by atoms with Crippen LogP contribution in [0.1, 0.15) is 44.7 Å². The molecule has 0 radical (unpaired) electrons. The molecule has 19 heavy (non-hydrogen) atoms. The highest BCUT2D eigenvalue weighted by Gasteiger charge is 2.31. The van der Waals surface area contributed by atoms with Crippen molar-refractivity contribution in [1.82, 2.24) is 5.32 Å². The third-order valence-corrected chi connectivity index (χ3v) is 4.00. The fraction of sp³-hybridized carbons (Fsp3) is 0.600. The van der Waals surface area contributed by atoms with Crippen LogP contribution in [0, 0.1) is 5.41 Å². The summed E-state index contributed by atoms with van der Waals surface area (Å²) in [4.78, 5) is 0. The maximum Gasteiger partial charge on any atom is 0.387 e. The second-order valence-electron chi connectivity index (χ2n) is 5.68. The van der Waals surface area contributed by atoms with Crippen LogP contribution in [0.25, 0.3) is 0 Å². The summed E-state index contributed by atoms with van der Waals surface area (Å²) in [6.45, 7) is 2.38. The minimum Gasteiger partial charge on any atom is -0.434 e. The predicted octanol–water partition coefficient (Wildman–Crippen LogP) is 4.13. The standard InChI is InChI=1S/C15H21F2NO/c1-11(18-10-15(2)8-5-9-15)12-6-3-4-7-13(12)19-14(16)17/h3-4,6-7,11,14,18H,5,8-10H2,1-2H3. The molecule has 0 saturated heterocycles. The molecular weight excluding hydrogens is 248 g/mol. The average molecular weight is 269 g/mol. The largest absolute Gasteiger partial charge is 0.434 e. The number of para-hydroxylation sites is 1. The Morgan fingerprint density at radius 1 is 1.32 bits per heavy atom. The van der Waals surface area contributed by atoms with Crippen LogP contribution >= 0.6 is 0 Å². The first kappa shape index (κ1) is 14.3. The van der Waals surface area contributed by atoms with Gasteiger partial charge in [0.05, 0.1) is 0 Å². The molecule has 106 valence electrons. The maximum atomic E-state index is 12.4. The first-order chi connectivity index (χ1) is 9.00. The van der Waals surface area contributed by atoms with Crippen molar-refractivity contribution in [3.05, 3.63) is 29.8 Å². The van der Waals surface area contributed by atoms with Crippen molar-refractivity contribution >= 4 is 0 Å². The highest BCUT2D eigenvalue weighted by atomic mass is 19.3. The van der Waals surface area contributed by atoms with Gasteiger partial charge < -0.3 is 10.1 Å². The SMILES string of the molecule is CC(NCC1(C)CCC1)c1ccccc1OC(F)F. The van der Waals surface area contributed by atoms with Gasteiger partial charge in [-0.25, -0.2) is 0 Å². The van der Waals surface area contributed by atoms with Crippen molar-refractivity contribution in [2.24, 2.45) is 5.41 Å². The molecule has 1 aliphatic carbocycles. The third kappa shape index (κ3) is 3.66. The molecule has 1 aromatic rings. The fourth-order valence-corrected chi connectivity index (χ4v) is 2.51. The Hall–Kier alpha value is -1.16. The van der Waals surface area contributed by atoms with Crippen molar-refractivity contribution in [2.45, 2.75) is 45.8 Å². The lowest BCUT2D eigenvalue weighted by Crippen LogP contribution is -2.38. The maximum absolute atomic E-state index is 12.4. The highest BCUT2D eigenvalue weighted by Crippen LogP contribution is 2.40. The molecular formula is C15H21F2NO. The minimum atomic E-state index is -2.78. The summed E-state index contributed by atoms with van der Waals surface area (Å²) >= 11 is 0.